The van der Waals surface area contributed by atoms with Gasteiger partial charge in [0.25, 0.3) is 18.1 Å². The van der Waals surface area contributed by atoms with Gasteiger partial charge in [0, 0.05) is 34.0 Å². The molecule has 0 saturated heterocycles. The number of rotatable bonds is 3. The average molecular weight is 424 g/mol. The Morgan fingerprint density at radius 2 is 1.16 bits per heavy atom. The molecule has 10 heteroatoms. The molecule has 0 unspecified atom stereocenters. The van der Waals surface area contributed by atoms with Crippen molar-refractivity contribution in [2.24, 2.45) is 0 Å². The first kappa shape index (κ1) is 21.4. The van der Waals surface area contributed by atoms with Crippen LogP contribution in [0.5, 0.6) is 0 Å². The van der Waals surface area contributed by atoms with Gasteiger partial charge < -0.3 is 5.32 Å². The van der Waals surface area contributed by atoms with Crippen molar-refractivity contribution in [3.63, 3.8) is 0 Å². The summed E-state index contributed by atoms with van der Waals surface area (Å²) in [6.07, 6.45) is 0. The van der Waals surface area contributed by atoms with Crippen molar-refractivity contribution < 1.29 is 21.6 Å². The maximum atomic E-state index is 10.8. The highest BCUT2D eigenvalue weighted by Gasteiger charge is 2.09. The average Bonchev–Trinajstić information content (AvgIpc) is 2.46. The third-order valence-electron chi connectivity index (χ3n) is 2.76. The molecule has 136 valence electrons. The fourth-order valence-electron chi connectivity index (χ4n) is 1.60. The summed E-state index contributed by atoms with van der Waals surface area (Å²) in [4.78, 5) is 10.8. The molecule has 0 aliphatic rings. The first-order chi connectivity index (χ1) is 11.4. The monoisotopic (exact) mass is 423 g/mol. The largest absolute Gasteiger partial charge is 0.326 e. The molecule has 6 nitrogen and oxygen atoms in total. The second kappa shape index (κ2) is 8.66. The van der Waals surface area contributed by atoms with E-state index < -0.39 is 18.1 Å². The van der Waals surface area contributed by atoms with Crippen LogP contribution in [0.15, 0.2) is 58.3 Å². The minimum absolute atomic E-state index is 0.00766. The summed E-state index contributed by atoms with van der Waals surface area (Å²) in [6, 6.07) is 12.0. The Kier molecular flexibility index (Phi) is 7.43. The highest BCUT2D eigenvalue weighted by Crippen LogP contribution is 2.17. The first-order valence-corrected chi connectivity index (χ1v) is 11.3. The lowest BCUT2D eigenvalue weighted by Crippen LogP contribution is -2.05. The number of hydrogen-bond donors (Lipinski definition) is 1. The normalized spacial score (nSPS) is 11.2. The summed E-state index contributed by atoms with van der Waals surface area (Å²) >= 11 is 0. The Labute approximate surface area is 155 Å². The molecule has 2 rings (SSSR count). The summed E-state index contributed by atoms with van der Waals surface area (Å²) in [5.74, 6) is -0.216. The van der Waals surface area contributed by atoms with Gasteiger partial charge in [-0.05, 0) is 43.3 Å². The van der Waals surface area contributed by atoms with Gasteiger partial charge in [0.2, 0.25) is 5.91 Å². The third kappa shape index (κ3) is 7.87. The number of benzene rings is 2. The van der Waals surface area contributed by atoms with Crippen LogP contribution in [-0.2, 0) is 22.9 Å². The molecule has 0 radical (unpaired) electrons. The summed E-state index contributed by atoms with van der Waals surface area (Å²) in [5.41, 5.74) is 1.54. The number of carbonyl (C=O) groups is 1. The van der Waals surface area contributed by atoms with Crippen molar-refractivity contribution in [1.29, 1.82) is 0 Å². The summed E-state index contributed by atoms with van der Waals surface area (Å²) < 4.78 is 43.1. The predicted molar refractivity (Wildman–Crippen MR) is 98.0 cm³/mol. The van der Waals surface area contributed by atoms with Crippen molar-refractivity contribution in [1.82, 2.24) is 0 Å². The zero-order valence-corrected chi connectivity index (χ0v) is 16.4. The fraction of sp³-hybridized carbons (Fsp3) is 0.133. The second-order valence-electron chi connectivity index (χ2n) is 4.89. The molecule has 25 heavy (non-hydrogen) atoms. The Morgan fingerprint density at radius 3 is 1.48 bits per heavy atom. The van der Waals surface area contributed by atoms with Crippen molar-refractivity contribution in [3.05, 3.63) is 54.1 Å². The lowest BCUT2D eigenvalue weighted by molar-refractivity contribution is -0.114. The number of carbonyl (C=O) groups excluding carboxylic acids is 1. The first-order valence-electron chi connectivity index (χ1n) is 6.73. The molecule has 0 spiro atoms. The van der Waals surface area contributed by atoms with Crippen LogP contribution in [0.3, 0.4) is 0 Å². The molecule has 0 aliphatic carbocycles. The van der Waals surface area contributed by atoms with Crippen LogP contribution in [0.25, 0.3) is 0 Å². The van der Waals surface area contributed by atoms with Gasteiger partial charge in [-0.25, -0.2) is 16.8 Å². The molecule has 0 bridgehead atoms. The smallest absolute Gasteiger partial charge is 0.261 e. The maximum Gasteiger partial charge on any atom is 0.261 e. The van der Waals surface area contributed by atoms with Gasteiger partial charge in [0.05, 0.1) is 9.79 Å². The number of hydrogen-bond acceptors (Lipinski definition) is 5. The minimum atomic E-state index is -3.69. The van der Waals surface area contributed by atoms with Crippen molar-refractivity contribution in [2.75, 3.05) is 5.32 Å². The van der Waals surface area contributed by atoms with Gasteiger partial charge in [-0.1, -0.05) is 17.7 Å². The van der Waals surface area contributed by atoms with Gasteiger partial charge in [-0.2, -0.15) is 0 Å². The third-order valence-corrected chi connectivity index (χ3v) is 5.50. The van der Waals surface area contributed by atoms with E-state index in [0.717, 1.165) is 5.56 Å². The van der Waals surface area contributed by atoms with Crippen LogP contribution in [0, 0.1) is 6.92 Å². The van der Waals surface area contributed by atoms with Crippen LogP contribution < -0.4 is 5.32 Å². The van der Waals surface area contributed by atoms with E-state index in [1.807, 2.05) is 6.92 Å². The molecule has 0 fully saturated rings. The van der Waals surface area contributed by atoms with E-state index >= 15 is 0 Å². The number of amides is 1. The van der Waals surface area contributed by atoms with E-state index in [1.54, 1.807) is 12.1 Å². The highest BCUT2D eigenvalue weighted by atomic mass is 35.7. The highest BCUT2D eigenvalue weighted by molar-refractivity contribution is 8.14. The van der Waals surface area contributed by atoms with Crippen LogP contribution in [0.1, 0.15) is 12.5 Å². The fourth-order valence-corrected chi connectivity index (χ4v) is 3.14. The van der Waals surface area contributed by atoms with Gasteiger partial charge in [-0.15, -0.1) is 0 Å². The SMILES string of the molecule is CC(=O)Nc1ccc(S(=O)(=O)Cl)cc1.Cc1ccc(S(=O)(=O)Cl)cc1. The minimum Gasteiger partial charge on any atom is -0.326 e. The van der Waals surface area contributed by atoms with Crippen LogP contribution in [0.2, 0.25) is 0 Å². The quantitative estimate of drug-likeness (QED) is 0.761. The summed E-state index contributed by atoms with van der Waals surface area (Å²) in [5, 5.41) is 2.51. The van der Waals surface area contributed by atoms with E-state index in [4.69, 9.17) is 21.4 Å². The number of halogens is 2. The zero-order valence-electron chi connectivity index (χ0n) is 13.2. The number of anilines is 1. The molecular weight excluding hydrogens is 409 g/mol. The predicted octanol–water partition coefficient (Wildman–Crippen LogP) is 3.50. The Morgan fingerprint density at radius 1 is 0.800 bits per heavy atom. The molecule has 1 amide bonds. The lowest BCUT2D eigenvalue weighted by atomic mass is 10.2. The Bertz CT molecular complexity index is 938. The van der Waals surface area contributed by atoms with Gasteiger partial charge >= 0.3 is 0 Å². The molecule has 0 heterocycles. The van der Waals surface area contributed by atoms with Gasteiger partial charge in [0.1, 0.15) is 0 Å². The Hall–Kier alpha value is -1.61. The number of nitrogens with one attached hydrogen (secondary N) is 1. The van der Waals surface area contributed by atoms with E-state index in [-0.39, 0.29) is 15.7 Å². The van der Waals surface area contributed by atoms with Crippen molar-refractivity contribution in [3.8, 4) is 0 Å². The molecule has 2 aromatic carbocycles. The van der Waals surface area contributed by atoms with E-state index in [9.17, 15) is 21.6 Å². The summed E-state index contributed by atoms with van der Waals surface area (Å²) in [6.45, 7) is 3.25. The van der Waals surface area contributed by atoms with Crippen LogP contribution in [-0.4, -0.2) is 22.7 Å². The molecular formula is C15H15Cl2NO5S2. The van der Waals surface area contributed by atoms with Crippen LogP contribution >= 0.6 is 21.4 Å². The summed E-state index contributed by atoms with van der Waals surface area (Å²) in [7, 11) is 2.95. The molecule has 2 aromatic rings. The van der Waals surface area contributed by atoms with Crippen LogP contribution in [0.4, 0.5) is 5.69 Å². The van der Waals surface area contributed by atoms with Gasteiger partial charge in [-0.3, -0.25) is 4.79 Å². The van der Waals surface area contributed by atoms with Gasteiger partial charge in [0.15, 0.2) is 0 Å². The van der Waals surface area contributed by atoms with Crippen molar-refractivity contribution >= 4 is 51.1 Å². The molecule has 0 saturated carbocycles. The Balaban J connectivity index is 0.000000257. The van der Waals surface area contributed by atoms with E-state index in [0.29, 0.717) is 5.69 Å². The standard InChI is InChI=1S/C8H8ClNO3S.C7H7ClO2S/c1-6(11)10-7-2-4-8(5-3-7)14(9,12)13;1-6-2-4-7(5-3-6)11(8,9)10/h2-5H,1H3,(H,10,11);2-5H,1H3. The lowest BCUT2D eigenvalue weighted by Gasteiger charge is -2.01. The second-order valence-corrected chi connectivity index (χ2v) is 10.0. The topological polar surface area (TPSA) is 97.4 Å². The van der Waals surface area contributed by atoms with E-state index in [2.05, 4.69) is 5.32 Å². The van der Waals surface area contributed by atoms with E-state index in [1.165, 1.54) is 43.3 Å². The maximum absolute atomic E-state index is 10.8. The zero-order chi connectivity index (χ0) is 19.3. The molecule has 0 aliphatic heterocycles. The molecule has 0 atom stereocenters. The molecule has 0 aromatic heterocycles. The molecule has 1 N–H and O–H groups in total. The van der Waals surface area contributed by atoms with Crippen molar-refractivity contribution in [2.45, 2.75) is 23.6 Å². The number of aryl methyl sites for hydroxylation is 1.